The number of carbonyl (C=O) groups is 1. The molecule has 3 heterocycles. The van der Waals surface area contributed by atoms with Gasteiger partial charge in [0.15, 0.2) is 5.69 Å². The maximum absolute atomic E-state index is 12.6. The van der Waals surface area contributed by atoms with Crippen LogP contribution < -0.4 is 5.32 Å². The highest BCUT2D eigenvalue weighted by atomic mass is 16.2. The zero-order valence-corrected chi connectivity index (χ0v) is 14.3. The van der Waals surface area contributed by atoms with E-state index >= 15 is 0 Å². The standard InChI is InChI=1S/C18H20N6O/c1-12-10-23-11-14(8-9-16(23)19-12)20-18(25)17-13(2)21-24(22-17)15-6-4-3-5-7-15/h3-7,10,14H,8-9,11H2,1-2H3,(H,20,25). The second-order valence-electron chi connectivity index (χ2n) is 6.42. The minimum absolute atomic E-state index is 0.0786. The van der Waals surface area contributed by atoms with Crippen LogP contribution in [0.2, 0.25) is 0 Å². The molecule has 1 N–H and O–H groups in total. The van der Waals surface area contributed by atoms with Crippen LogP contribution in [0.5, 0.6) is 0 Å². The number of fused-ring (bicyclic) bond motifs is 1. The van der Waals surface area contributed by atoms with Gasteiger partial charge in [-0.15, -0.1) is 5.10 Å². The van der Waals surface area contributed by atoms with E-state index in [-0.39, 0.29) is 11.9 Å². The highest BCUT2D eigenvalue weighted by molar-refractivity contribution is 5.93. The molecule has 3 aromatic rings. The first-order chi connectivity index (χ1) is 12.1. The number of hydrogen-bond donors (Lipinski definition) is 1. The first-order valence-electron chi connectivity index (χ1n) is 8.43. The van der Waals surface area contributed by atoms with Crippen molar-refractivity contribution in [3.8, 4) is 5.69 Å². The summed E-state index contributed by atoms with van der Waals surface area (Å²) in [5.41, 5.74) is 2.84. The Balaban J connectivity index is 1.49. The van der Waals surface area contributed by atoms with Crippen LogP contribution in [0.25, 0.3) is 5.69 Å². The molecule has 1 aliphatic heterocycles. The highest BCUT2D eigenvalue weighted by Gasteiger charge is 2.24. The molecule has 0 radical (unpaired) electrons. The van der Waals surface area contributed by atoms with Crippen LogP contribution in [-0.4, -0.2) is 36.5 Å². The zero-order chi connectivity index (χ0) is 17.4. The molecule has 1 amide bonds. The summed E-state index contributed by atoms with van der Waals surface area (Å²) in [7, 11) is 0. The first kappa shape index (κ1) is 15.6. The van der Waals surface area contributed by atoms with Crippen molar-refractivity contribution >= 4 is 5.91 Å². The molecule has 1 atom stereocenters. The lowest BCUT2D eigenvalue weighted by Gasteiger charge is -2.24. The van der Waals surface area contributed by atoms with E-state index in [1.165, 1.54) is 4.80 Å². The quantitative estimate of drug-likeness (QED) is 0.791. The molecule has 7 nitrogen and oxygen atoms in total. The Morgan fingerprint density at radius 3 is 2.80 bits per heavy atom. The van der Waals surface area contributed by atoms with Gasteiger partial charge in [0.1, 0.15) is 5.82 Å². The molecule has 4 rings (SSSR count). The first-order valence-corrected chi connectivity index (χ1v) is 8.43. The summed E-state index contributed by atoms with van der Waals surface area (Å²) in [4.78, 5) is 18.6. The van der Waals surface area contributed by atoms with E-state index in [2.05, 4.69) is 25.1 Å². The maximum Gasteiger partial charge on any atom is 0.274 e. The van der Waals surface area contributed by atoms with Crippen LogP contribution in [0.3, 0.4) is 0 Å². The smallest absolute Gasteiger partial charge is 0.274 e. The molecule has 25 heavy (non-hydrogen) atoms. The van der Waals surface area contributed by atoms with Crippen LogP contribution in [0.15, 0.2) is 36.5 Å². The fourth-order valence-electron chi connectivity index (χ4n) is 3.22. The van der Waals surface area contributed by atoms with Crippen molar-refractivity contribution in [2.45, 2.75) is 39.3 Å². The summed E-state index contributed by atoms with van der Waals surface area (Å²) in [5.74, 6) is 0.916. The molecule has 0 aliphatic carbocycles. The van der Waals surface area contributed by atoms with Gasteiger partial charge in [0, 0.05) is 25.2 Å². The van der Waals surface area contributed by atoms with Crippen molar-refractivity contribution in [2.75, 3.05) is 0 Å². The number of benzene rings is 1. The third-order valence-corrected chi connectivity index (χ3v) is 4.43. The summed E-state index contributed by atoms with van der Waals surface area (Å²) >= 11 is 0. The number of aryl methyl sites for hydroxylation is 3. The van der Waals surface area contributed by atoms with E-state index < -0.39 is 0 Å². The number of para-hydroxylation sites is 1. The molecule has 0 saturated heterocycles. The minimum atomic E-state index is -0.176. The Hall–Kier alpha value is -2.96. The van der Waals surface area contributed by atoms with Crippen LogP contribution in [0, 0.1) is 13.8 Å². The van der Waals surface area contributed by atoms with Gasteiger partial charge < -0.3 is 9.88 Å². The van der Waals surface area contributed by atoms with Gasteiger partial charge in [-0.1, -0.05) is 18.2 Å². The second-order valence-corrected chi connectivity index (χ2v) is 6.42. The van der Waals surface area contributed by atoms with Gasteiger partial charge in [-0.3, -0.25) is 4.79 Å². The SMILES string of the molecule is Cc1cn2c(n1)CCC(NC(=O)c1nn(-c3ccccc3)nc1C)C2. The largest absolute Gasteiger partial charge is 0.346 e. The predicted molar refractivity (Wildman–Crippen MR) is 92.6 cm³/mol. The number of hydrogen-bond acceptors (Lipinski definition) is 4. The van der Waals surface area contributed by atoms with Gasteiger partial charge in [0.2, 0.25) is 0 Å². The summed E-state index contributed by atoms with van der Waals surface area (Å²) in [6.45, 7) is 4.54. The van der Waals surface area contributed by atoms with Crippen molar-refractivity contribution in [2.24, 2.45) is 0 Å². The zero-order valence-electron chi connectivity index (χ0n) is 14.3. The van der Waals surface area contributed by atoms with Crippen LogP contribution in [-0.2, 0) is 13.0 Å². The monoisotopic (exact) mass is 336 g/mol. The van der Waals surface area contributed by atoms with Crippen LogP contribution >= 0.6 is 0 Å². The van der Waals surface area contributed by atoms with Crippen molar-refractivity contribution in [1.29, 1.82) is 0 Å². The molecule has 0 saturated carbocycles. The van der Waals surface area contributed by atoms with Crippen molar-refractivity contribution in [3.63, 3.8) is 0 Å². The molecule has 2 aromatic heterocycles. The number of nitrogens with one attached hydrogen (secondary N) is 1. The third kappa shape index (κ3) is 3.05. The average molecular weight is 336 g/mol. The third-order valence-electron chi connectivity index (χ3n) is 4.43. The van der Waals surface area contributed by atoms with Gasteiger partial charge in [-0.25, -0.2) is 4.98 Å². The summed E-state index contributed by atoms with van der Waals surface area (Å²) < 4.78 is 2.12. The molecule has 0 bridgehead atoms. The maximum atomic E-state index is 12.6. The number of nitrogens with zero attached hydrogens (tertiary/aromatic N) is 5. The molecule has 1 unspecified atom stereocenters. The number of amides is 1. The average Bonchev–Trinajstić information content (AvgIpc) is 3.17. The van der Waals surface area contributed by atoms with Gasteiger partial charge >= 0.3 is 0 Å². The number of rotatable bonds is 3. The Bertz CT molecular complexity index is 911. The fraction of sp³-hybridized carbons (Fsp3) is 0.333. The van der Waals surface area contributed by atoms with Gasteiger partial charge in [0.05, 0.1) is 17.1 Å². The summed E-state index contributed by atoms with van der Waals surface area (Å²) in [6, 6.07) is 9.66. The number of imidazole rings is 1. The van der Waals surface area contributed by atoms with E-state index in [1.807, 2.05) is 43.5 Å². The molecular weight excluding hydrogens is 316 g/mol. The lowest BCUT2D eigenvalue weighted by atomic mass is 10.1. The van der Waals surface area contributed by atoms with Crippen LogP contribution in [0.4, 0.5) is 0 Å². The molecule has 128 valence electrons. The molecule has 1 aliphatic rings. The van der Waals surface area contributed by atoms with E-state index in [9.17, 15) is 4.79 Å². The lowest BCUT2D eigenvalue weighted by Crippen LogP contribution is -2.41. The van der Waals surface area contributed by atoms with Crippen LogP contribution in [0.1, 0.15) is 34.1 Å². The molecule has 0 spiro atoms. The Labute approximate surface area is 145 Å². The lowest BCUT2D eigenvalue weighted by molar-refractivity contribution is 0.0921. The van der Waals surface area contributed by atoms with Gasteiger partial charge in [-0.05, 0) is 32.4 Å². The van der Waals surface area contributed by atoms with E-state index in [0.717, 1.165) is 36.6 Å². The van der Waals surface area contributed by atoms with E-state index in [0.29, 0.717) is 11.4 Å². The highest BCUT2D eigenvalue weighted by Crippen LogP contribution is 2.16. The molecular formula is C18H20N6O. The van der Waals surface area contributed by atoms with Gasteiger partial charge in [-0.2, -0.15) is 9.90 Å². The Kier molecular flexibility index (Phi) is 3.83. The summed E-state index contributed by atoms with van der Waals surface area (Å²) in [6.07, 6.45) is 3.78. The molecule has 0 fully saturated rings. The van der Waals surface area contributed by atoms with E-state index in [1.54, 1.807) is 6.92 Å². The minimum Gasteiger partial charge on any atom is -0.346 e. The Morgan fingerprint density at radius 1 is 1.20 bits per heavy atom. The molecule has 1 aromatic carbocycles. The molecule has 7 heteroatoms. The summed E-state index contributed by atoms with van der Waals surface area (Å²) in [5, 5.41) is 11.8. The number of aromatic nitrogens is 5. The Morgan fingerprint density at radius 2 is 2.00 bits per heavy atom. The predicted octanol–water partition coefficient (Wildman–Crippen LogP) is 1.83. The van der Waals surface area contributed by atoms with Crippen molar-refractivity contribution < 1.29 is 4.79 Å². The van der Waals surface area contributed by atoms with E-state index in [4.69, 9.17) is 0 Å². The van der Waals surface area contributed by atoms with Crippen molar-refractivity contribution in [1.82, 2.24) is 29.9 Å². The van der Waals surface area contributed by atoms with Crippen molar-refractivity contribution in [3.05, 3.63) is 59.4 Å². The topological polar surface area (TPSA) is 77.6 Å². The number of carbonyl (C=O) groups excluding carboxylic acids is 1. The van der Waals surface area contributed by atoms with Gasteiger partial charge in [0.25, 0.3) is 5.91 Å². The second kappa shape index (κ2) is 6.16. The normalized spacial score (nSPS) is 16.5. The fourth-order valence-corrected chi connectivity index (χ4v) is 3.22.